The standard InChI is InChI=1S/C15H32B/c1-11(2)9-10-14(15(6,7)8)16-13(5)12(3)4/h11-14H,9-10H2,1-8H3. The second-order valence-corrected chi connectivity index (χ2v) is 7.24. The number of hydrogen-bond donors (Lipinski definition) is 0. The molecule has 0 nitrogen and oxygen atoms in total. The first-order chi connectivity index (χ1) is 7.14. The van der Waals surface area contributed by atoms with Gasteiger partial charge >= 0.3 is 0 Å². The van der Waals surface area contributed by atoms with Crippen molar-refractivity contribution < 1.29 is 0 Å². The second kappa shape index (κ2) is 6.72. The third kappa shape index (κ3) is 6.61. The van der Waals surface area contributed by atoms with Gasteiger partial charge in [-0.1, -0.05) is 85.8 Å². The molecule has 0 amide bonds. The Morgan fingerprint density at radius 3 is 1.69 bits per heavy atom. The first-order valence-electron chi connectivity index (χ1n) is 6.99. The molecule has 0 aromatic heterocycles. The molecule has 0 rings (SSSR count). The molecule has 0 aromatic carbocycles. The molecule has 0 bridgehead atoms. The van der Waals surface area contributed by atoms with Gasteiger partial charge in [-0.3, -0.25) is 0 Å². The van der Waals surface area contributed by atoms with Crippen LogP contribution in [0.2, 0.25) is 11.6 Å². The molecule has 0 aromatic rings. The summed E-state index contributed by atoms with van der Waals surface area (Å²) in [6, 6.07) is 0. The minimum atomic E-state index is 0.415. The van der Waals surface area contributed by atoms with Gasteiger partial charge in [-0.25, -0.2) is 0 Å². The van der Waals surface area contributed by atoms with Gasteiger partial charge in [0.2, 0.25) is 0 Å². The lowest BCUT2D eigenvalue weighted by Crippen LogP contribution is -2.25. The van der Waals surface area contributed by atoms with Crippen molar-refractivity contribution in [1.29, 1.82) is 0 Å². The van der Waals surface area contributed by atoms with Gasteiger partial charge in [-0.15, -0.1) is 0 Å². The van der Waals surface area contributed by atoms with E-state index in [4.69, 9.17) is 0 Å². The van der Waals surface area contributed by atoms with Crippen LogP contribution in [0, 0.1) is 17.3 Å². The highest BCUT2D eigenvalue weighted by Crippen LogP contribution is 2.38. The lowest BCUT2D eigenvalue weighted by Gasteiger charge is -2.34. The molecule has 0 aliphatic rings. The molecule has 0 fully saturated rings. The van der Waals surface area contributed by atoms with Crippen molar-refractivity contribution in [3.63, 3.8) is 0 Å². The zero-order valence-corrected chi connectivity index (χ0v) is 12.8. The fourth-order valence-corrected chi connectivity index (χ4v) is 1.92. The maximum absolute atomic E-state index is 2.60. The zero-order valence-electron chi connectivity index (χ0n) is 12.8. The molecule has 1 heteroatoms. The van der Waals surface area contributed by atoms with Crippen molar-refractivity contribution in [2.75, 3.05) is 0 Å². The van der Waals surface area contributed by atoms with Crippen LogP contribution in [0.5, 0.6) is 0 Å². The summed E-state index contributed by atoms with van der Waals surface area (Å²) in [5.41, 5.74) is 0.415. The van der Waals surface area contributed by atoms with Gasteiger partial charge in [0.05, 0.1) is 0 Å². The van der Waals surface area contributed by atoms with Crippen molar-refractivity contribution in [1.82, 2.24) is 0 Å². The maximum Gasteiger partial charge on any atom is 0.118 e. The van der Waals surface area contributed by atoms with Crippen molar-refractivity contribution in [2.24, 2.45) is 17.3 Å². The Labute approximate surface area is 105 Å². The monoisotopic (exact) mass is 223 g/mol. The first-order valence-corrected chi connectivity index (χ1v) is 6.99. The lowest BCUT2D eigenvalue weighted by molar-refractivity contribution is 0.341. The highest BCUT2D eigenvalue weighted by Gasteiger charge is 2.27. The van der Waals surface area contributed by atoms with Gasteiger partial charge in [0.15, 0.2) is 0 Å². The van der Waals surface area contributed by atoms with Crippen LogP contribution in [0.15, 0.2) is 0 Å². The second-order valence-electron chi connectivity index (χ2n) is 7.24. The summed E-state index contributed by atoms with van der Waals surface area (Å²) in [4.78, 5) is 0. The van der Waals surface area contributed by atoms with E-state index in [1.54, 1.807) is 0 Å². The molecule has 0 aliphatic carbocycles. The number of hydrogen-bond acceptors (Lipinski definition) is 0. The predicted molar refractivity (Wildman–Crippen MR) is 77.3 cm³/mol. The number of rotatable bonds is 6. The van der Waals surface area contributed by atoms with E-state index in [0.29, 0.717) is 5.41 Å². The van der Waals surface area contributed by atoms with E-state index in [1.165, 1.54) is 12.8 Å². The fourth-order valence-electron chi connectivity index (χ4n) is 1.92. The quantitative estimate of drug-likeness (QED) is 0.527. The van der Waals surface area contributed by atoms with Gasteiger partial charge in [-0.05, 0) is 11.3 Å². The molecule has 0 aliphatic heterocycles. The molecule has 2 atom stereocenters. The molecule has 0 N–H and O–H groups in total. The third-order valence-electron chi connectivity index (χ3n) is 3.75. The van der Waals surface area contributed by atoms with Crippen LogP contribution in [0.3, 0.4) is 0 Å². The average Bonchev–Trinajstić information content (AvgIpc) is 2.09. The van der Waals surface area contributed by atoms with E-state index in [-0.39, 0.29) is 0 Å². The average molecular weight is 223 g/mol. The van der Waals surface area contributed by atoms with Crippen LogP contribution >= 0.6 is 0 Å². The third-order valence-corrected chi connectivity index (χ3v) is 3.75. The first kappa shape index (κ1) is 16.1. The lowest BCUT2D eigenvalue weighted by atomic mass is 9.45. The minimum Gasteiger partial charge on any atom is -0.0694 e. The van der Waals surface area contributed by atoms with Crippen LogP contribution in [-0.4, -0.2) is 7.28 Å². The molecule has 0 saturated carbocycles. The summed E-state index contributed by atoms with van der Waals surface area (Å²) < 4.78 is 0. The van der Waals surface area contributed by atoms with E-state index in [2.05, 4.69) is 62.7 Å². The van der Waals surface area contributed by atoms with E-state index in [0.717, 1.165) is 23.5 Å². The normalized spacial score (nSPS) is 16.6. The summed E-state index contributed by atoms with van der Waals surface area (Å²) in [6.45, 7) is 18.8. The zero-order chi connectivity index (χ0) is 12.9. The van der Waals surface area contributed by atoms with Crippen LogP contribution < -0.4 is 0 Å². The molecule has 2 unspecified atom stereocenters. The molecule has 1 radical (unpaired) electrons. The minimum absolute atomic E-state index is 0.415. The van der Waals surface area contributed by atoms with Gasteiger partial charge in [0.1, 0.15) is 7.28 Å². The SMILES string of the molecule is CC(C)CCC([B]C(C)C(C)C)C(C)(C)C. The Morgan fingerprint density at radius 1 is 0.875 bits per heavy atom. The van der Waals surface area contributed by atoms with Gasteiger partial charge < -0.3 is 0 Å². The fraction of sp³-hybridized carbons (Fsp3) is 1.00. The molecule has 16 heavy (non-hydrogen) atoms. The summed E-state index contributed by atoms with van der Waals surface area (Å²) >= 11 is 0. The van der Waals surface area contributed by atoms with Crippen molar-refractivity contribution >= 4 is 7.28 Å². The molecule has 0 saturated heterocycles. The van der Waals surface area contributed by atoms with E-state index >= 15 is 0 Å². The Hall–Kier alpha value is 0.0649. The molecular weight excluding hydrogens is 191 g/mol. The van der Waals surface area contributed by atoms with Crippen LogP contribution in [0.4, 0.5) is 0 Å². The van der Waals surface area contributed by atoms with Gasteiger partial charge in [-0.2, -0.15) is 0 Å². The van der Waals surface area contributed by atoms with E-state index in [1.807, 2.05) is 0 Å². The Kier molecular flexibility index (Phi) is 6.74. The molecule has 95 valence electrons. The Bertz CT molecular complexity index is 176. The van der Waals surface area contributed by atoms with Crippen molar-refractivity contribution in [3.8, 4) is 0 Å². The summed E-state index contributed by atoms with van der Waals surface area (Å²) in [6.07, 6.45) is 2.70. The molecular formula is C15H32B. The summed E-state index contributed by atoms with van der Waals surface area (Å²) in [7, 11) is 2.60. The van der Waals surface area contributed by atoms with Crippen molar-refractivity contribution in [2.45, 2.75) is 79.9 Å². The van der Waals surface area contributed by atoms with Crippen LogP contribution in [-0.2, 0) is 0 Å². The molecule has 0 heterocycles. The highest BCUT2D eigenvalue weighted by molar-refractivity contribution is 6.39. The smallest absolute Gasteiger partial charge is 0.0694 e. The summed E-state index contributed by atoms with van der Waals surface area (Å²) in [5.74, 6) is 3.08. The summed E-state index contributed by atoms with van der Waals surface area (Å²) in [5, 5.41) is 0. The van der Waals surface area contributed by atoms with Gasteiger partial charge in [0, 0.05) is 0 Å². The Balaban J connectivity index is 4.33. The topological polar surface area (TPSA) is 0 Å². The molecule has 0 spiro atoms. The largest absolute Gasteiger partial charge is 0.118 e. The van der Waals surface area contributed by atoms with Crippen LogP contribution in [0.25, 0.3) is 0 Å². The predicted octanol–water partition coefficient (Wildman–Crippen LogP) is 5.43. The van der Waals surface area contributed by atoms with E-state index in [9.17, 15) is 0 Å². The van der Waals surface area contributed by atoms with Gasteiger partial charge in [0.25, 0.3) is 0 Å². The maximum atomic E-state index is 2.60. The van der Waals surface area contributed by atoms with Crippen LogP contribution in [0.1, 0.15) is 68.2 Å². The highest BCUT2D eigenvalue weighted by atomic mass is 14.2. The van der Waals surface area contributed by atoms with E-state index < -0.39 is 0 Å². The van der Waals surface area contributed by atoms with Crippen molar-refractivity contribution in [3.05, 3.63) is 0 Å². The Morgan fingerprint density at radius 2 is 1.38 bits per heavy atom.